The highest BCUT2D eigenvalue weighted by atomic mass is 16.5. The molecular formula is C17H20N3O+. The normalized spacial score (nSPS) is 12.6. The van der Waals surface area contributed by atoms with E-state index in [-0.39, 0.29) is 6.04 Å². The molecule has 1 aromatic carbocycles. The highest BCUT2D eigenvalue weighted by Gasteiger charge is 2.19. The zero-order chi connectivity index (χ0) is 14.7. The third-order valence-electron chi connectivity index (χ3n) is 3.85. The van der Waals surface area contributed by atoms with Gasteiger partial charge in [-0.3, -0.25) is 5.21 Å². The van der Waals surface area contributed by atoms with Crippen molar-refractivity contribution < 1.29 is 9.94 Å². The Labute approximate surface area is 124 Å². The molecule has 0 spiro atoms. The largest absolute Gasteiger partial charge is 0.335 e. The maximum absolute atomic E-state index is 9.90. The second-order valence-electron chi connectivity index (χ2n) is 5.16. The van der Waals surface area contributed by atoms with Gasteiger partial charge in [0.2, 0.25) is 6.20 Å². The molecule has 0 bridgehead atoms. The van der Waals surface area contributed by atoms with Crippen molar-refractivity contribution in [2.24, 2.45) is 0 Å². The van der Waals surface area contributed by atoms with E-state index < -0.39 is 0 Å². The van der Waals surface area contributed by atoms with Gasteiger partial charge in [0.1, 0.15) is 5.52 Å². The van der Waals surface area contributed by atoms with Gasteiger partial charge in [0.15, 0.2) is 0 Å². The number of nitrogens with zero attached hydrogens (tertiary/aromatic N) is 2. The van der Waals surface area contributed by atoms with E-state index in [4.69, 9.17) is 0 Å². The fourth-order valence-corrected chi connectivity index (χ4v) is 2.80. The number of benzene rings is 1. The molecule has 0 aliphatic heterocycles. The lowest BCUT2D eigenvalue weighted by Gasteiger charge is -2.20. The SMILES string of the molecule is CNCCC(c1ccccc1)n1ccc2c1ccc[n+]2O. The van der Waals surface area contributed by atoms with Gasteiger partial charge in [0.25, 0.3) is 5.52 Å². The smallest absolute Gasteiger partial charge is 0.282 e. The monoisotopic (exact) mass is 282 g/mol. The Hall–Kier alpha value is -2.33. The highest BCUT2D eigenvalue weighted by molar-refractivity contribution is 5.72. The molecular weight excluding hydrogens is 262 g/mol. The van der Waals surface area contributed by atoms with Crippen molar-refractivity contribution in [3.05, 3.63) is 66.5 Å². The van der Waals surface area contributed by atoms with Crippen molar-refractivity contribution in [2.45, 2.75) is 12.5 Å². The molecule has 4 nitrogen and oxygen atoms in total. The molecule has 4 heteroatoms. The molecule has 2 aromatic heterocycles. The second kappa shape index (κ2) is 5.97. The number of fused-ring (bicyclic) bond motifs is 1. The summed E-state index contributed by atoms with van der Waals surface area (Å²) >= 11 is 0. The lowest BCUT2D eigenvalue weighted by atomic mass is 10.0. The van der Waals surface area contributed by atoms with Crippen LogP contribution in [0.5, 0.6) is 0 Å². The lowest BCUT2D eigenvalue weighted by Crippen LogP contribution is -2.29. The first-order valence-corrected chi connectivity index (χ1v) is 7.21. The van der Waals surface area contributed by atoms with Crippen molar-refractivity contribution in [2.75, 3.05) is 13.6 Å². The maximum atomic E-state index is 9.90. The van der Waals surface area contributed by atoms with E-state index in [1.165, 1.54) is 10.3 Å². The number of aromatic nitrogens is 2. The number of nitrogens with one attached hydrogen (secondary N) is 1. The molecule has 21 heavy (non-hydrogen) atoms. The summed E-state index contributed by atoms with van der Waals surface area (Å²) in [5.74, 6) is 0. The zero-order valence-corrected chi connectivity index (χ0v) is 12.1. The number of pyridine rings is 1. The molecule has 0 amide bonds. The minimum Gasteiger partial charge on any atom is -0.335 e. The summed E-state index contributed by atoms with van der Waals surface area (Å²) in [5, 5.41) is 13.1. The molecule has 0 aliphatic carbocycles. The Bertz CT molecular complexity index is 721. The number of hydrogen-bond acceptors (Lipinski definition) is 2. The minimum absolute atomic E-state index is 0.249. The molecule has 0 radical (unpaired) electrons. The molecule has 2 heterocycles. The Morgan fingerprint density at radius 1 is 1.14 bits per heavy atom. The first kappa shape index (κ1) is 13.6. The standard InChI is InChI=1S/C17H20N3O/c1-18-11-9-15(14-6-3-2-4-7-14)19-13-10-17-16(19)8-5-12-20(17)21/h2-8,10,12-13,15,18,21H,9,11H2,1H3/q+1. The molecule has 3 aromatic rings. The Balaban J connectivity index is 2.08. The van der Waals surface area contributed by atoms with Crippen LogP contribution in [-0.2, 0) is 0 Å². The predicted octanol–water partition coefficient (Wildman–Crippen LogP) is 2.37. The van der Waals surface area contributed by atoms with Gasteiger partial charge in [-0.2, -0.15) is 0 Å². The molecule has 108 valence electrons. The maximum Gasteiger partial charge on any atom is 0.282 e. The average molecular weight is 282 g/mol. The summed E-state index contributed by atoms with van der Waals surface area (Å²) in [7, 11) is 1.97. The second-order valence-corrected chi connectivity index (χ2v) is 5.16. The van der Waals surface area contributed by atoms with Crippen molar-refractivity contribution in [1.29, 1.82) is 0 Å². The summed E-state index contributed by atoms with van der Waals surface area (Å²) < 4.78 is 3.40. The van der Waals surface area contributed by atoms with Crippen LogP contribution >= 0.6 is 0 Å². The van der Waals surface area contributed by atoms with Gasteiger partial charge in [-0.15, -0.1) is 0 Å². The van der Waals surface area contributed by atoms with Crippen molar-refractivity contribution in [3.63, 3.8) is 0 Å². The molecule has 1 atom stereocenters. The number of hydrogen-bond donors (Lipinski definition) is 2. The Morgan fingerprint density at radius 3 is 2.71 bits per heavy atom. The topological polar surface area (TPSA) is 41.1 Å². The van der Waals surface area contributed by atoms with Crippen molar-refractivity contribution in [3.8, 4) is 0 Å². The Kier molecular flexibility index (Phi) is 3.88. The van der Waals surface area contributed by atoms with Crippen molar-refractivity contribution in [1.82, 2.24) is 9.88 Å². The molecule has 1 unspecified atom stereocenters. The van der Waals surface area contributed by atoms with Crippen LogP contribution in [0.1, 0.15) is 18.0 Å². The summed E-state index contributed by atoms with van der Waals surface area (Å²) in [4.78, 5) is 0. The molecule has 0 aliphatic rings. The van der Waals surface area contributed by atoms with Crippen molar-refractivity contribution >= 4 is 11.0 Å². The zero-order valence-electron chi connectivity index (χ0n) is 12.1. The molecule has 2 N–H and O–H groups in total. The van der Waals surface area contributed by atoms with Gasteiger partial charge in [0, 0.05) is 23.1 Å². The summed E-state index contributed by atoms with van der Waals surface area (Å²) in [5.41, 5.74) is 3.13. The van der Waals surface area contributed by atoms with E-state index in [0.29, 0.717) is 0 Å². The van der Waals surface area contributed by atoms with Gasteiger partial charge in [-0.25, -0.2) is 0 Å². The predicted molar refractivity (Wildman–Crippen MR) is 82.4 cm³/mol. The van der Waals surface area contributed by atoms with Crippen LogP contribution in [0.25, 0.3) is 11.0 Å². The van der Waals surface area contributed by atoms with Gasteiger partial charge in [-0.1, -0.05) is 30.3 Å². The third-order valence-corrected chi connectivity index (χ3v) is 3.85. The van der Waals surface area contributed by atoms with Crippen LogP contribution in [0.4, 0.5) is 0 Å². The summed E-state index contributed by atoms with van der Waals surface area (Å²) in [6.45, 7) is 0.936. The van der Waals surface area contributed by atoms with Gasteiger partial charge < -0.3 is 9.88 Å². The van der Waals surface area contributed by atoms with Crippen LogP contribution in [0.15, 0.2) is 60.9 Å². The first-order valence-electron chi connectivity index (χ1n) is 7.21. The van der Waals surface area contributed by atoms with Crippen LogP contribution < -0.4 is 10.0 Å². The fourth-order valence-electron chi connectivity index (χ4n) is 2.80. The van der Waals surface area contributed by atoms with Crippen LogP contribution in [-0.4, -0.2) is 23.4 Å². The van der Waals surface area contributed by atoms with E-state index >= 15 is 0 Å². The van der Waals surface area contributed by atoms with Crippen LogP contribution in [0.3, 0.4) is 0 Å². The van der Waals surface area contributed by atoms with Gasteiger partial charge >= 0.3 is 0 Å². The van der Waals surface area contributed by atoms with E-state index in [0.717, 1.165) is 24.0 Å². The lowest BCUT2D eigenvalue weighted by molar-refractivity contribution is -0.884. The fraction of sp³-hybridized carbons (Fsp3) is 0.235. The average Bonchev–Trinajstić information content (AvgIpc) is 2.94. The Morgan fingerprint density at radius 2 is 1.95 bits per heavy atom. The first-order chi connectivity index (χ1) is 10.3. The molecule has 0 fully saturated rings. The van der Waals surface area contributed by atoms with Crippen LogP contribution in [0.2, 0.25) is 0 Å². The van der Waals surface area contributed by atoms with Gasteiger partial charge in [0.05, 0.1) is 6.04 Å². The summed E-state index contributed by atoms with van der Waals surface area (Å²) in [6, 6.07) is 16.6. The summed E-state index contributed by atoms with van der Waals surface area (Å²) in [6.07, 6.45) is 4.69. The van der Waals surface area contributed by atoms with Crippen LogP contribution in [0, 0.1) is 0 Å². The van der Waals surface area contributed by atoms with E-state index in [9.17, 15) is 5.21 Å². The molecule has 3 rings (SSSR count). The minimum atomic E-state index is 0.249. The quantitative estimate of drug-likeness (QED) is 0.557. The van der Waals surface area contributed by atoms with E-state index in [1.807, 2.05) is 37.5 Å². The van der Waals surface area contributed by atoms with E-state index in [2.05, 4.69) is 34.1 Å². The number of rotatable bonds is 5. The van der Waals surface area contributed by atoms with Gasteiger partial charge in [-0.05, 0) is 31.6 Å². The third kappa shape index (κ3) is 2.62. The highest BCUT2D eigenvalue weighted by Crippen LogP contribution is 2.26. The molecule has 0 saturated carbocycles. The molecule has 0 saturated heterocycles. The van der Waals surface area contributed by atoms with E-state index in [1.54, 1.807) is 6.20 Å².